The lowest BCUT2D eigenvalue weighted by Crippen LogP contribution is -2.47. The molecule has 0 radical (unpaired) electrons. The molecule has 5 rings (SSSR count). The summed E-state index contributed by atoms with van der Waals surface area (Å²) in [6.45, 7) is 0. The molecule has 3 aliphatic rings. The highest BCUT2D eigenvalue weighted by atomic mass is 32.2. The van der Waals surface area contributed by atoms with Crippen LogP contribution >= 0.6 is 0 Å². The molecule has 2 atom stereocenters. The number of sulfonamides is 1. The van der Waals surface area contributed by atoms with Crippen molar-refractivity contribution in [3.05, 3.63) is 59.2 Å². The molecule has 2 aromatic rings. The van der Waals surface area contributed by atoms with Crippen LogP contribution in [0, 0.1) is 5.92 Å². The second-order valence-corrected chi connectivity index (χ2v) is 8.17. The standard InChI is InChI=1S/C18H16N2O4S/c1-23-12-7-8-13-11(10-12)6-9-15-17(13)19-24-18(15)14-4-2-3-5-16(14)25(21,22)20-18/h2-5,7-8,10,15,20H,6,9H2,1H3. The van der Waals surface area contributed by atoms with E-state index in [1.807, 2.05) is 24.3 Å². The number of nitrogens with one attached hydrogen (secondary N) is 1. The van der Waals surface area contributed by atoms with E-state index < -0.39 is 15.7 Å². The van der Waals surface area contributed by atoms with Gasteiger partial charge in [-0.2, -0.15) is 4.72 Å². The number of fused-ring (bicyclic) bond motifs is 6. The molecule has 0 bridgehead atoms. The maximum atomic E-state index is 12.6. The van der Waals surface area contributed by atoms with Crippen LogP contribution in [-0.2, 0) is 27.0 Å². The Bertz CT molecular complexity index is 1030. The summed E-state index contributed by atoms with van der Waals surface area (Å²) in [5, 5.41) is 4.30. The van der Waals surface area contributed by atoms with Gasteiger partial charge < -0.3 is 9.57 Å². The maximum absolute atomic E-state index is 12.6. The van der Waals surface area contributed by atoms with Gasteiger partial charge in [-0.1, -0.05) is 23.4 Å². The molecular formula is C18H16N2O4S. The number of hydrogen-bond acceptors (Lipinski definition) is 5. The lowest BCUT2D eigenvalue weighted by Gasteiger charge is -2.32. The zero-order chi connectivity index (χ0) is 17.2. The first-order valence-corrected chi connectivity index (χ1v) is 9.60. The van der Waals surface area contributed by atoms with Crippen LogP contribution in [0.25, 0.3) is 0 Å². The van der Waals surface area contributed by atoms with Gasteiger partial charge in [-0.05, 0) is 42.7 Å². The highest BCUT2D eigenvalue weighted by Gasteiger charge is 2.59. The van der Waals surface area contributed by atoms with E-state index in [1.165, 1.54) is 0 Å². The second kappa shape index (κ2) is 4.83. The van der Waals surface area contributed by atoms with Crippen LogP contribution < -0.4 is 9.46 Å². The molecule has 0 aromatic heterocycles. The Kier molecular flexibility index (Phi) is 2.88. The van der Waals surface area contributed by atoms with E-state index in [1.54, 1.807) is 25.3 Å². The molecule has 7 heteroatoms. The molecule has 25 heavy (non-hydrogen) atoms. The lowest BCUT2D eigenvalue weighted by atomic mass is 9.75. The Hall–Kier alpha value is -2.38. The summed E-state index contributed by atoms with van der Waals surface area (Å²) < 4.78 is 33.1. The zero-order valence-corrected chi connectivity index (χ0v) is 14.3. The minimum Gasteiger partial charge on any atom is -0.497 e. The van der Waals surface area contributed by atoms with Gasteiger partial charge in [0.1, 0.15) is 5.75 Å². The van der Waals surface area contributed by atoms with Gasteiger partial charge >= 0.3 is 0 Å². The number of aryl methyl sites for hydroxylation is 1. The molecule has 2 heterocycles. The van der Waals surface area contributed by atoms with Gasteiger partial charge in [0.05, 0.1) is 23.6 Å². The minimum atomic E-state index is -3.60. The predicted octanol–water partition coefficient (Wildman–Crippen LogP) is 2.14. The van der Waals surface area contributed by atoms with Crippen molar-refractivity contribution in [3.63, 3.8) is 0 Å². The summed E-state index contributed by atoms with van der Waals surface area (Å²) in [4.78, 5) is 6.06. The smallest absolute Gasteiger partial charge is 0.244 e. The van der Waals surface area contributed by atoms with Crippen LogP contribution in [0.2, 0.25) is 0 Å². The van der Waals surface area contributed by atoms with Crippen molar-refractivity contribution in [1.82, 2.24) is 4.72 Å². The third kappa shape index (κ3) is 1.88. The Labute approximate surface area is 145 Å². The third-order valence-electron chi connectivity index (χ3n) is 5.26. The molecule has 0 amide bonds. The molecule has 0 saturated carbocycles. The molecule has 2 aromatic carbocycles. The van der Waals surface area contributed by atoms with Crippen molar-refractivity contribution in [2.24, 2.45) is 11.1 Å². The fraction of sp³-hybridized carbons (Fsp3) is 0.278. The molecule has 128 valence electrons. The molecule has 1 spiro atoms. The normalized spacial score (nSPS) is 27.9. The lowest BCUT2D eigenvalue weighted by molar-refractivity contribution is -0.0593. The van der Waals surface area contributed by atoms with E-state index in [4.69, 9.17) is 9.57 Å². The van der Waals surface area contributed by atoms with Crippen molar-refractivity contribution in [2.75, 3.05) is 7.11 Å². The number of rotatable bonds is 1. The summed E-state index contributed by atoms with van der Waals surface area (Å²) in [5.74, 6) is 0.644. The Morgan fingerprint density at radius 2 is 2.12 bits per heavy atom. The van der Waals surface area contributed by atoms with Crippen LogP contribution in [-0.4, -0.2) is 21.2 Å². The molecule has 0 saturated heterocycles. The quantitative estimate of drug-likeness (QED) is 0.849. The van der Waals surface area contributed by atoms with E-state index >= 15 is 0 Å². The zero-order valence-electron chi connectivity index (χ0n) is 13.5. The first kappa shape index (κ1) is 14.9. The number of nitrogens with zero attached hydrogens (tertiary/aromatic N) is 1. The monoisotopic (exact) mass is 356 g/mol. The van der Waals surface area contributed by atoms with Crippen molar-refractivity contribution in [1.29, 1.82) is 0 Å². The highest BCUT2D eigenvalue weighted by molar-refractivity contribution is 7.89. The van der Waals surface area contributed by atoms with Gasteiger partial charge in [0.2, 0.25) is 15.7 Å². The van der Waals surface area contributed by atoms with Gasteiger partial charge in [0, 0.05) is 11.1 Å². The third-order valence-corrected chi connectivity index (χ3v) is 6.77. The van der Waals surface area contributed by atoms with Crippen LogP contribution in [0.15, 0.2) is 52.5 Å². The predicted molar refractivity (Wildman–Crippen MR) is 90.9 cm³/mol. The van der Waals surface area contributed by atoms with Crippen molar-refractivity contribution in [2.45, 2.75) is 23.5 Å². The summed E-state index contributed by atoms with van der Waals surface area (Å²) in [5.41, 5.74) is 2.43. The van der Waals surface area contributed by atoms with Crippen LogP contribution in [0.1, 0.15) is 23.1 Å². The number of benzene rings is 2. The largest absolute Gasteiger partial charge is 0.497 e. The first-order chi connectivity index (χ1) is 12.0. The molecular weight excluding hydrogens is 340 g/mol. The van der Waals surface area contributed by atoms with E-state index in [0.29, 0.717) is 5.56 Å². The number of hydrogen-bond donors (Lipinski definition) is 1. The second-order valence-electron chi connectivity index (χ2n) is 6.52. The fourth-order valence-corrected chi connectivity index (χ4v) is 5.68. The number of oxime groups is 1. The van der Waals surface area contributed by atoms with E-state index in [2.05, 4.69) is 9.88 Å². The highest BCUT2D eigenvalue weighted by Crippen LogP contribution is 2.50. The maximum Gasteiger partial charge on any atom is 0.244 e. The molecule has 6 nitrogen and oxygen atoms in total. The van der Waals surface area contributed by atoms with Gasteiger partial charge in [0.15, 0.2) is 0 Å². The Morgan fingerprint density at radius 1 is 1.28 bits per heavy atom. The van der Waals surface area contributed by atoms with Crippen LogP contribution in [0.4, 0.5) is 0 Å². The van der Waals surface area contributed by atoms with E-state index in [0.717, 1.165) is 35.4 Å². The topological polar surface area (TPSA) is 77.0 Å². The minimum absolute atomic E-state index is 0.160. The fourth-order valence-electron chi connectivity index (χ4n) is 4.12. The molecule has 2 unspecified atom stereocenters. The van der Waals surface area contributed by atoms with Gasteiger partial charge in [-0.25, -0.2) is 8.42 Å². The Balaban J connectivity index is 1.64. The summed E-state index contributed by atoms with van der Waals surface area (Å²) >= 11 is 0. The van der Waals surface area contributed by atoms with Crippen LogP contribution in [0.3, 0.4) is 0 Å². The molecule has 2 aliphatic heterocycles. The molecule has 1 aliphatic carbocycles. The van der Waals surface area contributed by atoms with Crippen LogP contribution in [0.5, 0.6) is 5.75 Å². The number of methoxy groups -OCH3 is 1. The number of ether oxygens (including phenoxy) is 1. The van der Waals surface area contributed by atoms with E-state index in [9.17, 15) is 8.42 Å². The van der Waals surface area contributed by atoms with Crippen molar-refractivity contribution in [3.8, 4) is 5.75 Å². The average Bonchev–Trinajstić information content (AvgIpc) is 3.11. The van der Waals surface area contributed by atoms with E-state index in [-0.39, 0.29) is 10.8 Å². The summed E-state index contributed by atoms with van der Waals surface area (Å²) in [6.07, 6.45) is 1.56. The summed E-state index contributed by atoms with van der Waals surface area (Å²) in [7, 11) is -1.96. The van der Waals surface area contributed by atoms with Gasteiger partial charge in [0.25, 0.3) is 0 Å². The van der Waals surface area contributed by atoms with Gasteiger partial charge in [-0.15, -0.1) is 0 Å². The molecule has 0 fully saturated rings. The summed E-state index contributed by atoms with van der Waals surface area (Å²) in [6, 6.07) is 12.8. The van der Waals surface area contributed by atoms with Crippen molar-refractivity contribution >= 4 is 15.7 Å². The molecule has 1 N–H and O–H groups in total. The van der Waals surface area contributed by atoms with Gasteiger partial charge in [-0.3, -0.25) is 0 Å². The Morgan fingerprint density at radius 3 is 2.96 bits per heavy atom. The van der Waals surface area contributed by atoms with Crippen molar-refractivity contribution < 1.29 is 18.0 Å². The average molecular weight is 356 g/mol. The SMILES string of the molecule is COc1ccc2c(c1)CCC1C2=NOC12NS(=O)(=O)c1ccccc12. The first-order valence-electron chi connectivity index (χ1n) is 8.12.